The van der Waals surface area contributed by atoms with Gasteiger partial charge in [-0.15, -0.1) is 0 Å². The van der Waals surface area contributed by atoms with Crippen LogP contribution in [-0.4, -0.2) is 25.4 Å². The van der Waals surface area contributed by atoms with Crippen LogP contribution in [0.15, 0.2) is 0 Å². The lowest BCUT2D eigenvalue weighted by Gasteiger charge is -2.13. The van der Waals surface area contributed by atoms with Gasteiger partial charge in [-0.25, -0.2) is 0 Å². The summed E-state index contributed by atoms with van der Waals surface area (Å²) in [6, 6.07) is 0. The summed E-state index contributed by atoms with van der Waals surface area (Å²) in [5, 5.41) is 0. The summed E-state index contributed by atoms with van der Waals surface area (Å²) in [6.07, 6.45) is 2.00. The molecule has 0 saturated carbocycles. The molecule has 2 heteroatoms. The normalized spacial score (nSPS) is 49.6. The molecule has 2 aliphatic rings. The summed E-state index contributed by atoms with van der Waals surface area (Å²) < 4.78 is 11.3. The number of hydrogen-bond donors (Lipinski definition) is 0. The van der Waals surface area contributed by atoms with Crippen molar-refractivity contribution in [3.05, 3.63) is 0 Å². The SMILES string of the molecule is CCC1COC2C(C)CO[C@H]12. The molecule has 11 heavy (non-hydrogen) atoms. The van der Waals surface area contributed by atoms with E-state index in [1.807, 2.05) is 0 Å². The smallest absolute Gasteiger partial charge is 0.0890 e. The second-order valence-corrected chi connectivity index (χ2v) is 3.74. The standard InChI is InChI=1S/C9H16O2/c1-3-7-5-11-8-6(2)4-10-9(7)8/h6-9H,3-5H2,1-2H3/t6?,7?,8?,9-/m1/s1. The number of hydrogen-bond acceptors (Lipinski definition) is 2. The first-order valence-corrected chi connectivity index (χ1v) is 4.56. The van der Waals surface area contributed by atoms with Gasteiger partial charge < -0.3 is 9.47 Å². The lowest BCUT2D eigenvalue weighted by molar-refractivity contribution is 0.0610. The Hall–Kier alpha value is -0.0800. The summed E-state index contributed by atoms with van der Waals surface area (Å²) in [4.78, 5) is 0. The Bertz CT molecular complexity index is 146. The molecular weight excluding hydrogens is 140 g/mol. The van der Waals surface area contributed by atoms with E-state index in [4.69, 9.17) is 9.47 Å². The van der Waals surface area contributed by atoms with E-state index in [1.165, 1.54) is 6.42 Å². The second kappa shape index (κ2) is 2.76. The van der Waals surface area contributed by atoms with Gasteiger partial charge in [0, 0.05) is 11.8 Å². The quantitative estimate of drug-likeness (QED) is 0.572. The largest absolute Gasteiger partial charge is 0.375 e. The first kappa shape index (κ1) is 7.56. The molecule has 0 bridgehead atoms. The third-order valence-corrected chi connectivity index (χ3v) is 2.93. The number of ether oxygens (including phenoxy) is 2. The maximum absolute atomic E-state index is 5.67. The zero-order valence-corrected chi connectivity index (χ0v) is 7.25. The van der Waals surface area contributed by atoms with Gasteiger partial charge in [0.2, 0.25) is 0 Å². The molecule has 2 aliphatic heterocycles. The Labute approximate surface area is 67.9 Å². The van der Waals surface area contributed by atoms with E-state index in [1.54, 1.807) is 0 Å². The molecule has 3 unspecified atom stereocenters. The molecule has 0 spiro atoms. The monoisotopic (exact) mass is 156 g/mol. The summed E-state index contributed by atoms with van der Waals surface area (Å²) in [6.45, 7) is 6.23. The van der Waals surface area contributed by atoms with Crippen LogP contribution in [0.5, 0.6) is 0 Å². The van der Waals surface area contributed by atoms with Gasteiger partial charge in [0.1, 0.15) is 0 Å². The van der Waals surface area contributed by atoms with Gasteiger partial charge >= 0.3 is 0 Å². The van der Waals surface area contributed by atoms with E-state index < -0.39 is 0 Å². The van der Waals surface area contributed by atoms with Crippen LogP contribution in [0, 0.1) is 11.8 Å². The molecule has 0 N–H and O–H groups in total. The molecular formula is C9H16O2. The Kier molecular flexibility index (Phi) is 1.90. The molecule has 0 aromatic rings. The summed E-state index contributed by atoms with van der Waals surface area (Å²) >= 11 is 0. The van der Waals surface area contributed by atoms with Crippen molar-refractivity contribution in [2.75, 3.05) is 13.2 Å². The van der Waals surface area contributed by atoms with Gasteiger partial charge in [-0.3, -0.25) is 0 Å². The van der Waals surface area contributed by atoms with Crippen molar-refractivity contribution in [3.63, 3.8) is 0 Å². The van der Waals surface area contributed by atoms with Crippen LogP contribution in [0.25, 0.3) is 0 Å². The molecule has 2 heterocycles. The predicted octanol–water partition coefficient (Wildman–Crippen LogP) is 1.45. The van der Waals surface area contributed by atoms with E-state index in [-0.39, 0.29) is 0 Å². The fraction of sp³-hybridized carbons (Fsp3) is 1.00. The van der Waals surface area contributed by atoms with Gasteiger partial charge in [-0.05, 0) is 6.42 Å². The predicted molar refractivity (Wildman–Crippen MR) is 42.4 cm³/mol. The zero-order chi connectivity index (χ0) is 7.84. The van der Waals surface area contributed by atoms with Crippen LogP contribution in [0.1, 0.15) is 20.3 Å². The van der Waals surface area contributed by atoms with Crippen molar-refractivity contribution in [2.24, 2.45) is 11.8 Å². The van der Waals surface area contributed by atoms with Gasteiger partial charge in [-0.2, -0.15) is 0 Å². The molecule has 2 saturated heterocycles. The van der Waals surface area contributed by atoms with Crippen molar-refractivity contribution in [1.29, 1.82) is 0 Å². The molecule has 0 amide bonds. The minimum absolute atomic E-state index is 0.403. The maximum atomic E-state index is 5.67. The van der Waals surface area contributed by atoms with Crippen LogP contribution < -0.4 is 0 Å². The fourth-order valence-electron chi connectivity index (χ4n) is 2.12. The Morgan fingerprint density at radius 2 is 1.91 bits per heavy atom. The molecule has 2 fully saturated rings. The lowest BCUT2D eigenvalue weighted by Crippen LogP contribution is -2.24. The first-order chi connectivity index (χ1) is 5.33. The van der Waals surface area contributed by atoms with Crippen molar-refractivity contribution < 1.29 is 9.47 Å². The molecule has 0 radical (unpaired) electrons. The fourth-order valence-corrected chi connectivity index (χ4v) is 2.12. The van der Waals surface area contributed by atoms with E-state index >= 15 is 0 Å². The van der Waals surface area contributed by atoms with E-state index in [9.17, 15) is 0 Å². The van der Waals surface area contributed by atoms with Gasteiger partial charge in [-0.1, -0.05) is 13.8 Å². The van der Waals surface area contributed by atoms with E-state index in [0.29, 0.717) is 24.0 Å². The minimum Gasteiger partial charge on any atom is -0.375 e. The van der Waals surface area contributed by atoms with Crippen LogP contribution in [-0.2, 0) is 9.47 Å². The third-order valence-electron chi connectivity index (χ3n) is 2.93. The van der Waals surface area contributed by atoms with Crippen LogP contribution >= 0.6 is 0 Å². The van der Waals surface area contributed by atoms with Crippen molar-refractivity contribution >= 4 is 0 Å². The number of fused-ring (bicyclic) bond motifs is 1. The Balaban J connectivity index is 2.04. The van der Waals surface area contributed by atoms with Gasteiger partial charge in [0.05, 0.1) is 25.4 Å². The topological polar surface area (TPSA) is 18.5 Å². The highest BCUT2D eigenvalue weighted by Gasteiger charge is 2.44. The minimum atomic E-state index is 0.403. The molecule has 0 aliphatic carbocycles. The zero-order valence-electron chi connectivity index (χ0n) is 7.25. The molecule has 0 aromatic heterocycles. The highest BCUT2D eigenvalue weighted by atomic mass is 16.6. The Morgan fingerprint density at radius 1 is 1.18 bits per heavy atom. The molecule has 64 valence electrons. The van der Waals surface area contributed by atoms with Crippen molar-refractivity contribution in [2.45, 2.75) is 32.5 Å². The average molecular weight is 156 g/mol. The molecule has 4 atom stereocenters. The maximum Gasteiger partial charge on any atom is 0.0890 e. The number of rotatable bonds is 1. The average Bonchev–Trinajstić information content (AvgIpc) is 2.53. The second-order valence-electron chi connectivity index (χ2n) is 3.74. The summed E-state index contributed by atoms with van der Waals surface area (Å²) in [7, 11) is 0. The summed E-state index contributed by atoms with van der Waals surface area (Å²) in [5.41, 5.74) is 0. The highest BCUT2D eigenvalue weighted by Crippen LogP contribution is 2.35. The van der Waals surface area contributed by atoms with Crippen molar-refractivity contribution in [1.82, 2.24) is 0 Å². The van der Waals surface area contributed by atoms with Crippen molar-refractivity contribution in [3.8, 4) is 0 Å². The molecule has 0 aromatic carbocycles. The van der Waals surface area contributed by atoms with Crippen LogP contribution in [0.2, 0.25) is 0 Å². The lowest BCUT2D eigenvalue weighted by atomic mass is 9.96. The highest BCUT2D eigenvalue weighted by molar-refractivity contribution is 4.91. The van der Waals surface area contributed by atoms with Gasteiger partial charge in [0.15, 0.2) is 0 Å². The van der Waals surface area contributed by atoms with Crippen LogP contribution in [0.4, 0.5) is 0 Å². The van der Waals surface area contributed by atoms with E-state index in [0.717, 1.165) is 13.2 Å². The Morgan fingerprint density at radius 3 is 2.64 bits per heavy atom. The third kappa shape index (κ3) is 1.09. The molecule has 2 rings (SSSR count). The summed E-state index contributed by atoms with van der Waals surface area (Å²) in [5.74, 6) is 1.27. The van der Waals surface area contributed by atoms with Crippen LogP contribution in [0.3, 0.4) is 0 Å². The van der Waals surface area contributed by atoms with E-state index in [2.05, 4.69) is 13.8 Å². The van der Waals surface area contributed by atoms with Gasteiger partial charge in [0.25, 0.3) is 0 Å². The molecule has 2 nitrogen and oxygen atoms in total. The first-order valence-electron chi connectivity index (χ1n) is 4.56.